The molecule has 2 N–H and O–H groups in total. The number of β-lactam (4-membered cyclic amide) rings is 1. The molecular weight excluding hydrogens is 413 g/mol. The summed E-state index contributed by atoms with van der Waals surface area (Å²) in [7, 11) is 0.991. The number of hydrogen-bond donors (Lipinski definition) is 2. The average molecular weight is 425 g/mol. The van der Waals surface area contributed by atoms with Crippen LogP contribution in [0.4, 0.5) is 13.2 Å². The molecule has 2 aliphatic rings. The Bertz CT molecular complexity index is 898. The normalized spacial score (nSPS) is 22.4. The van der Waals surface area contributed by atoms with E-state index in [-0.39, 0.29) is 5.70 Å². The Morgan fingerprint density at radius 1 is 1.41 bits per heavy atom. The molecule has 2 aliphatic heterocycles. The lowest BCUT2D eigenvalue weighted by Crippen LogP contribution is -2.70. The molecule has 13 heteroatoms. The van der Waals surface area contributed by atoms with Gasteiger partial charge in [0.2, 0.25) is 0 Å². The number of thioether (sulfide) groups is 1. The molecule has 1 aromatic rings. The van der Waals surface area contributed by atoms with E-state index in [2.05, 4.69) is 10.4 Å². The standard InChI is InChI=1S/C14H12ClF3N4O4S/c1-4-3-27-12-7(11(24)22(12)8(4)13(25)26)19-10(23)6-5(15)9(14(16,17)18)21(2)20-6/h7,12H,3H2,1-2H3,(H,19,23)(H,25,26)/t7-,12+/m0/s1. The fraction of sp³-hybridized carbons (Fsp3) is 0.429. The molecule has 0 aromatic carbocycles. The van der Waals surface area contributed by atoms with Gasteiger partial charge >= 0.3 is 12.1 Å². The van der Waals surface area contributed by atoms with Gasteiger partial charge in [0.1, 0.15) is 22.1 Å². The van der Waals surface area contributed by atoms with Crippen LogP contribution in [0.3, 0.4) is 0 Å². The van der Waals surface area contributed by atoms with Gasteiger partial charge in [0.05, 0.1) is 0 Å². The lowest BCUT2D eigenvalue weighted by atomic mass is 10.0. The van der Waals surface area contributed by atoms with Crippen LogP contribution in [0.5, 0.6) is 0 Å². The van der Waals surface area contributed by atoms with Crippen LogP contribution < -0.4 is 5.32 Å². The lowest BCUT2D eigenvalue weighted by molar-refractivity contribution is -0.148. The first kappa shape index (κ1) is 19.5. The number of carboxylic acids is 1. The zero-order chi connectivity index (χ0) is 20.3. The molecule has 8 nitrogen and oxygen atoms in total. The predicted molar refractivity (Wildman–Crippen MR) is 87.9 cm³/mol. The summed E-state index contributed by atoms with van der Waals surface area (Å²) in [5.74, 6) is -2.64. The second-order valence-electron chi connectivity index (χ2n) is 5.93. The summed E-state index contributed by atoms with van der Waals surface area (Å²) < 4.78 is 39.3. The molecule has 0 unspecified atom stereocenters. The van der Waals surface area contributed by atoms with Crippen LogP contribution in [-0.4, -0.2) is 54.7 Å². The van der Waals surface area contributed by atoms with Crippen molar-refractivity contribution in [3.8, 4) is 0 Å². The van der Waals surface area contributed by atoms with Gasteiger partial charge in [0.25, 0.3) is 11.8 Å². The maximum atomic E-state index is 13.0. The van der Waals surface area contributed by atoms with Gasteiger partial charge < -0.3 is 10.4 Å². The van der Waals surface area contributed by atoms with Crippen LogP contribution in [-0.2, 0) is 22.8 Å². The summed E-state index contributed by atoms with van der Waals surface area (Å²) >= 11 is 6.90. The van der Waals surface area contributed by atoms with E-state index in [0.717, 1.165) is 11.9 Å². The molecular formula is C14H12ClF3N4O4S. The molecule has 0 spiro atoms. The number of carbonyl (C=O) groups excluding carboxylic acids is 2. The number of rotatable bonds is 3. The smallest absolute Gasteiger partial charge is 0.434 e. The maximum absolute atomic E-state index is 13.0. The molecule has 27 heavy (non-hydrogen) atoms. The highest BCUT2D eigenvalue weighted by molar-refractivity contribution is 8.00. The van der Waals surface area contributed by atoms with Crippen LogP contribution in [0.1, 0.15) is 23.1 Å². The summed E-state index contributed by atoms with van der Waals surface area (Å²) in [5.41, 5.74) is -1.59. The first-order chi connectivity index (χ1) is 12.4. The van der Waals surface area contributed by atoms with Gasteiger partial charge in [-0.05, 0) is 12.5 Å². The number of aryl methyl sites for hydroxylation is 1. The van der Waals surface area contributed by atoms with Crippen LogP contribution in [0.2, 0.25) is 5.02 Å². The van der Waals surface area contributed by atoms with Crippen molar-refractivity contribution in [1.82, 2.24) is 20.0 Å². The van der Waals surface area contributed by atoms with E-state index in [9.17, 15) is 32.7 Å². The number of carbonyl (C=O) groups is 3. The number of hydrogen-bond acceptors (Lipinski definition) is 5. The molecule has 146 valence electrons. The molecule has 1 aromatic heterocycles. The molecule has 2 atom stereocenters. The highest BCUT2D eigenvalue weighted by Gasteiger charge is 2.54. The number of amides is 2. The van der Waals surface area contributed by atoms with Gasteiger partial charge in [-0.2, -0.15) is 18.3 Å². The molecule has 3 rings (SSSR count). The van der Waals surface area contributed by atoms with Crippen molar-refractivity contribution >= 4 is 41.1 Å². The van der Waals surface area contributed by atoms with E-state index in [1.54, 1.807) is 6.92 Å². The fourth-order valence-corrected chi connectivity index (χ4v) is 4.58. The van der Waals surface area contributed by atoms with E-state index in [1.165, 1.54) is 11.8 Å². The Morgan fingerprint density at radius 2 is 2.04 bits per heavy atom. The second-order valence-corrected chi connectivity index (χ2v) is 7.41. The largest absolute Gasteiger partial charge is 0.477 e. The Kier molecular flexibility index (Phi) is 4.67. The zero-order valence-corrected chi connectivity index (χ0v) is 15.4. The lowest BCUT2D eigenvalue weighted by Gasteiger charge is -2.49. The number of alkyl halides is 3. The highest BCUT2D eigenvalue weighted by Crippen LogP contribution is 2.40. The van der Waals surface area contributed by atoms with Crippen LogP contribution in [0.15, 0.2) is 11.3 Å². The van der Waals surface area contributed by atoms with Crippen molar-refractivity contribution in [2.45, 2.75) is 24.5 Å². The third-order valence-electron chi connectivity index (χ3n) is 4.12. The Labute approximate surface area is 159 Å². The van der Waals surface area contributed by atoms with Crippen LogP contribution >= 0.6 is 23.4 Å². The molecule has 0 aliphatic carbocycles. The number of carboxylic acid groups (broad SMARTS) is 1. The topological polar surface area (TPSA) is 105 Å². The van der Waals surface area contributed by atoms with Crippen LogP contribution in [0.25, 0.3) is 0 Å². The molecule has 1 saturated heterocycles. The number of nitrogens with zero attached hydrogens (tertiary/aromatic N) is 3. The Hall–Kier alpha value is -2.21. The minimum atomic E-state index is -4.81. The van der Waals surface area contributed by atoms with E-state index in [4.69, 9.17) is 11.6 Å². The van der Waals surface area contributed by atoms with Gasteiger partial charge in [0.15, 0.2) is 11.4 Å². The number of aromatic nitrogens is 2. The summed E-state index contributed by atoms with van der Waals surface area (Å²) in [6.45, 7) is 1.58. The minimum absolute atomic E-state index is 0.149. The third-order valence-corrected chi connectivity index (χ3v) is 5.90. The molecule has 0 saturated carbocycles. The van der Waals surface area contributed by atoms with Gasteiger partial charge in [-0.25, -0.2) is 4.79 Å². The summed E-state index contributed by atoms with van der Waals surface area (Å²) in [5, 5.41) is 13.5. The summed E-state index contributed by atoms with van der Waals surface area (Å²) in [6.07, 6.45) is -4.81. The molecule has 1 fully saturated rings. The maximum Gasteiger partial charge on any atom is 0.434 e. The van der Waals surface area contributed by atoms with E-state index in [1.807, 2.05) is 0 Å². The number of halogens is 4. The predicted octanol–water partition coefficient (Wildman–Crippen LogP) is 1.46. The molecule has 0 radical (unpaired) electrons. The summed E-state index contributed by atoms with van der Waals surface area (Å²) in [6, 6.07) is -1.09. The molecule has 2 amide bonds. The van der Waals surface area contributed by atoms with E-state index in [0.29, 0.717) is 16.0 Å². The van der Waals surface area contributed by atoms with Gasteiger partial charge in [0, 0.05) is 12.8 Å². The monoisotopic (exact) mass is 424 g/mol. The van der Waals surface area contributed by atoms with Gasteiger partial charge in [-0.1, -0.05) is 11.6 Å². The van der Waals surface area contributed by atoms with Crippen molar-refractivity contribution in [3.05, 3.63) is 27.7 Å². The van der Waals surface area contributed by atoms with Crippen molar-refractivity contribution in [2.24, 2.45) is 7.05 Å². The first-order valence-corrected chi connectivity index (χ1v) is 8.86. The number of aliphatic carboxylic acids is 1. The first-order valence-electron chi connectivity index (χ1n) is 7.43. The fourth-order valence-electron chi connectivity index (χ4n) is 2.94. The molecule has 0 bridgehead atoms. The Morgan fingerprint density at radius 3 is 2.56 bits per heavy atom. The van der Waals surface area contributed by atoms with Crippen molar-refractivity contribution in [1.29, 1.82) is 0 Å². The van der Waals surface area contributed by atoms with Crippen molar-refractivity contribution in [2.75, 3.05) is 5.75 Å². The molecule has 3 heterocycles. The van der Waals surface area contributed by atoms with E-state index >= 15 is 0 Å². The second kappa shape index (κ2) is 6.44. The average Bonchev–Trinajstić information content (AvgIpc) is 2.86. The van der Waals surface area contributed by atoms with Gasteiger partial charge in [-0.15, -0.1) is 11.8 Å². The quantitative estimate of drug-likeness (QED) is 0.712. The SMILES string of the molecule is CC1=C(C(=O)O)N2C(=O)[C@H](NC(=O)c3nn(C)c(C(F)(F)F)c3Cl)[C@H]2SC1. The Balaban J connectivity index is 1.82. The van der Waals surface area contributed by atoms with Crippen molar-refractivity contribution in [3.63, 3.8) is 0 Å². The highest BCUT2D eigenvalue weighted by atomic mass is 35.5. The van der Waals surface area contributed by atoms with E-state index < -0.39 is 51.8 Å². The van der Waals surface area contributed by atoms with Gasteiger partial charge in [-0.3, -0.25) is 19.2 Å². The third kappa shape index (κ3) is 3.06. The number of fused-ring (bicyclic) bond motifs is 1. The van der Waals surface area contributed by atoms with Crippen LogP contribution in [0, 0.1) is 0 Å². The zero-order valence-electron chi connectivity index (χ0n) is 13.8. The summed E-state index contributed by atoms with van der Waals surface area (Å²) in [4.78, 5) is 37.0. The minimum Gasteiger partial charge on any atom is -0.477 e. The number of nitrogens with one attached hydrogen (secondary N) is 1. The van der Waals surface area contributed by atoms with Crippen molar-refractivity contribution < 1.29 is 32.7 Å².